The summed E-state index contributed by atoms with van der Waals surface area (Å²) in [6.07, 6.45) is 2.12. The molecule has 0 saturated carbocycles. The minimum atomic E-state index is -1.01. The zero-order valence-electron chi connectivity index (χ0n) is 10.4. The second-order valence-electron chi connectivity index (χ2n) is 4.60. The standard InChI is InChI=1S/C11H16ClN3O2S/c1-14(2)7-3-5-15(6-4-7)11-13-9(12)8(18-11)10(16)17/h7H,3-6H2,1-2H3,(H,16,17). The van der Waals surface area contributed by atoms with Crippen LogP contribution in [0.3, 0.4) is 0 Å². The van der Waals surface area contributed by atoms with Crippen LogP contribution >= 0.6 is 22.9 Å². The van der Waals surface area contributed by atoms with Gasteiger partial charge in [0, 0.05) is 19.1 Å². The van der Waals surface area contributed by atoms with Crippen molar-refractivity contribution < 1.29 is 9.90 Å². The van der Waals surface area contributed by atoms with Crippen LogP contribution in [-0.2, 0) is 0 Å². The fraction of sp³-hybridized carbons (Fsp3) is 0.636. The topological polar surface area (TPSA) is 56.7 Å². The molecule has 100 valence electrons. The molecule has 0 unspecified atom stereocenters. The number of thiazole rings is 1. The molecule has 1 aliphatic heterocycles. The number of aromatic nitrogens is 1. The Morgan fingerprint density at radius 2 is 2.11 bits per heavy atom. The molecule has 1 saturated heterocycles. The second-order valence-corrected chi connectivity index (χ2v) is 5.94. The maximum absolute atomic E-state index is 10.9. The predicted molar refractivity (Wildman–Crippen MR) is 73.0 cm³/mol. The highest BCUT2D eigenvalue weighted by Gasteiger charge is 2.24. The summed E-state index contributed by atoms with van der Waals surface area (Å²) in [7, 11) is 4.17. The second kappa shape index (κ2) is 5.42. The molecule has 18 heavy (non-hydrogen) atoms. The van der Waals surface area contributed by atoms with Gasteiger partial charge in [-0.05, 0) is 26.9 Å². The van der Waals surface area contributed by atoms with Gasteiger partial charge in [0.05, 0.1) is 0 Å². The molecule has 2 rings (SSSR count). The number of piperidine rings is 1. The first kappa shape index (κ1) is 13.6. The summed E-state index contributed by atoms with van der Waals surface area (Å²) in [6, 6.07) is 0.593. The SMILES string of the molecule is CN(C)C1CCN(c2nc(Cl)c(C(=O)O)s2)CC1. The number of hydrogen-bond acceptors (Lipinski definition) is 5. The summed E-state index contributed by atoms with van der Waals surface area (Å²) >= 11 is 6.98. The maximum atomic E-state index is 10.9. The Morgan fingerprint density at radius 1 is 1.50 bits per heavy atom. The van der Waals surface area contributed by atoms with Crippen molar-refractivity contribution in [1.82, 2.24) is 9.88 Å². The van der Waals surface area contributed by atoms with Gasteiger partial charge in [-0.2, -0.15) is 0 Å². The van der Waals surface area contributed by atoms with Crippen molar-refractivity contribution in [3.05, 3.63) is 10.0 Å². The number of hydrogen-bond donors (Lipinski definition) is 1. The third-order valence-corrected chi connectivity index (χ3v) is 4.72. The van der Waals surface area contributed by atoms with Gasteiger partial charge < -0.3 is 14.9 Å². The van der Waals surface area contributed by atoms with Crippen molar-refractivity contribution in [1.29, 1.82) is 0 Å². The fourth-order valence-corrected chi connectivity index (χ4v) is 3.31. The van der Waals surface area contributed by atoms with Crippen LogP contribution in [0.4, 0.5) is 5.13 Å². The minimum absolute atomic E-state index is 0.0947. The molecule has 0 aromatic carbocycles. The van der Waals surface area contributed by atoms with Gasteiger partial charge in [-0.25, -0.2) is 9.78 Å². The zero-order valence-corrected chi connectivity index (χ0v) is 12.0. The van der Waals surface area contributed by atoms with E-state index in [2.05, 4.69) is 28.9 Å². The van der Waals surface area contributed by atoms with E-state index < -0.39 is 5.97 Å². The highest BCUT2D eigenvalue weighted by molar-refractivity contribution is 7.18. The molecule has 0 atom stereocenters. The molecule has 0 aliphatic carbocycles. The van der Waals surface area contributed by atoms with Crippen LogP contribution in [-0.4, -0.2) is 54.2 Å². The zero-order chi connectivity index (χ0) is 13.3. The fourth-order valence-electron chi connectivity index (χ4n) is 2.13. The van der Waals surface area contributed by atoms with Gasteiger partial charge in [0.25, 0.3) is 0 Å². The minimum Gasteiger partial charge on any atom is -0.477 e. The molecule has 1 aromatic rings. The number of carbonyl (C=O) groups is 1. The van der Waals surface area contributed by atoms with Crippen LogP contribution in [0.2, 0.25) is 5.15 Å². The largest absolute Gasteiger partial charge is 0.477 e. The number of carboxylic acids is 1. The molecule has 1 aromatic heterocycles. The van der Waals surface area contributed by atoms with Crippen LogP contribution < -0.4 is 4.90 Å². The monoisotopic (exact) mass is 289 g/mol. The van der Waals surface area contributed by atoms with Crippen LogP contribution in [0.1, 0.15) is 22.5 Å². The van der Waals surface area contributed by atoms with Gasteiger partial charge in [-0.1, -0.05) is 22.9 Å². The quantitative estimate of drug-likeness (QED) is 0.923. The summed E-state index contributed by atoms with van der Waals surface area (Å²) < 4.78 is 0. The van der Waals surface area contributed by atoms with E-state index in [1.165, 1.54) is 0 Å². The Kier molecular flexibility index (Phi) is 4.09. The van der Waals surface area contributed by atoms with Crippen LogP contribution in [0, 0.1) is 0 Å². The van der Waals surface area contributed by atoms with Crippen molar-refractivity contribution in [3.8, 4) is 0 Å². The molecular weight excluding hydrogens is 274 g/mol. The third-order valence-electron chi connectivity index (χ3n) is 3.23. The summed E-state index contributed by atoms with van der Waals surface area (Å²) in [4.78, 5) is 19.5. The molecule has 0 bridgehead atoms. The molecule has 0 spiro atoms. The van der Waals surface area contributed by atoms with Crippen molar-refractivity contribution >= 4 is 34.0 Å². The van der Waals surface area contributed by atoms with E-state index in [4.69, 9.17) is 16.7 Å². The maximum Gasteiger partial charge on any atom is 0.349 e. The molecule has 2 heterocycles. The number of nitrogens with zero attached hydrogens (tertiary/aromatic N) is 3. The van der Waals surface area contributed by atoms with Crippen molar-refractivity contribution in [3.63, 3.8) is 0 Å². The summed E-state index contributed by atoms with van der Waals surface area (Å²) in [5.74, 6) is -1.01. The lowest BCUT2D eigenvalue weighted by Gasteiger charge is -2.34. The van der Waals surface area contributed by atoms with Crippen LogP contribution in [0.5, 0.6) is 0 Å². The Morgan fingerprint density at radius 3 is 2.56 bits per heavy atom. The molecule has 0 amide bonds. The van der Waals surface area contributed by atoms with E-state index in [1.807, 2.05) is 0 Å². The molecular formula is C11H16ClN3O2S. The Balaban J connectivity index is 2.06. The smallest absolute Gasteiger partial charge is 0.349 e. The van der Waals surface area contributed by atoms with Gasteiger partial charge in [0.1, 0.15) is 0 Å². The Hall–Kier alpha value is -0.850. The highest BCUT2D eigenvalue weighted by atomic mass is 35.5. The molecule has 1 aliphatic rings. The number of anilines is 1. The number of carboxylic acid groups (broad SMARTS) is 1. The molecule has 5 nitrogen and oxygen atoms in total. The lowest BCUT2D eigenvalue weighted by Crippen LogP contribution is -2.41. The lowest BCUT2D eigenvalue weighted by atomic mass is 10.0. The number of rotatable bonds is 3. The first-order valence-electron chi connectivity index (χ1n) is 5.80. The normalized spacial score (nSPS) is 17.4. The first-order valence-corrected chi connectivity index (χ1v) is 6.99. The summed E-state index contributed by atoms with van der Waals surface area (Å²) in [5, 5.41) is 9.76. The lowest BCUT2D eigenvalue weighted by molar-refractivity contribution is 0.0702. The van der Waals surface area contributed by atoms with Crippen LogP contribution in [0.15, 0.2) is 0 Å². The number of halogens is 1. The Bertz CT molecular complexity index is 441. The van der Waals surface area contributed by atoms with E-state index in [-0.39, 0.29) is 10.0 Å². The molecule has 1 fully saturated rings. The van der Waals surface area contributed by atoms with Crippen molar-refractivity contribution in [2.75, 3.05) is 32.1 Å². The summed E-state index contributed by atoms with van der Waals surface area (Å²) in [6.45, 7) is 1.79. The Labute approximate surface area is 115 Å². The molecule has 1 N–H and O–H groups in total. The first-order chi connectivity index (χ1) is 8.49. The van der Waals surface area contributed by atoms with Gasteiger partial charge >= 0.3 is 5.97 Å². The van der Waals surface area contributed by atoms with E-state index in [9.17, 15) is 4.79 Å². The van der Waals surface area contributed by atoms with Crippen molar-refractivity contribution in [2.45, 2.75) is 18.9 Å². The predicted octanol–water partition coefficient (Wildman–Crippen LogP) is 2.03. The van der Waals surface area contributed by atoms with E-state index >= 15 is 0 Å². The van der Waals surface area contributed by atoms with E-state index in [1.54, 1.807) is 0 Å². The number of aromatic carboxylic acids is 1. The third kappa shape index (κ3) is 2.76. The average molecular weight is 290 g/mol. The molecule has 7 heteroatoms. The van der Waals surface area contributed by atoms with E-state index in [0.717, 1.165) is 42.4 Å². The van der Waals surface area contributed by atoms with Gasteiger partial charge in [-0.15, -0.1) is 0 Å². The van der Waals surface area contributed by atoms with Crippen molar-refractivity contribution in [2.24, 2.45) is 0 Å². The van der Waals surface area contributed by atoms with Crippen LogP contribution in [0.25, 0.3) is 0 Å². The van der Waals surface area contributed by atoms with Gasteiger partial charge in [-0.3, -0.25) is 0 Å². The van der Waals surface area contributed by atoms with E-state index in [0.29, 0.717) is 6.04 Å². The van der Waals surface area contributed by atoms with Gasteiger partial charge in [0.2, 0.25) is 0 Å². The molecule has 0 radical (unpaired) electrons. The average Bonchev–Trinajstić information content (AvgIpc) is 2.71. The van der Waals surface area contributed by atoms with Gasteiger partial charge in [0.15, 0.2) is 15.2 Å². The highest BCUT2D eigenvalue weighted by Crippen LogP contribution is 2.31. The summed E-state index contributed by atoms with van der Waals surface area (Å²) in [5.41, 5.74) is 0.